The highest BCUT2D eigenvalue weighted by molar-refractivity contribution is 5.83. The minimum atomic E-state index is -0.0839. The van der Waals surface area contributed by atoms with Gasteiger partial charge in [-0.25, -0.2) is 0 Å². The molecule has 1 aromatic heterocycles. The van der Waals surface area contributed by atoms with Crippen molar-refractivity contribution in [3.8, 4) is 0 Å². The number of pyridine rings is 1. The molecule has 7 nitrogen and oxygen atoms in total. The number of likely N-dealkylation sites (tertiary alicyclic amines) is 1. The first-order chi connectivity index (χ1) is 13.0. The average molecular weight is 374 g/mol. The van der Waals surface area contributed by atoms with Crippen molar-refractivity contribution in [1.82, 2.24) is 25.4 Å². The van der Waals surface area contributed by atoms with E-state index in [2.05, 4.69) is 46.3 Å². The molecule has 2 fully saturated rings. The van der Waals surface area contributed by atoms with Crippen molar-refractivity contribution in [2.45, 2.75) is 63.8 Å². The standard InChI is InChI=1S/C20H31N5O2/c1-14(2)25-10-8-17-19(25)20(27)23-13-16(24(17)3)6-7-18(26)22-12-15-5-4-9-21-11-15/h4-5,9,11,14,16-17,19H,6-8,10,12-13H2,1-3H3,(H,22,26)(H,23,27). The summed E-state index contributed by atoms with van der Waals surface area (Å²) in [4.78, 5) is 33.5. The molecule has 148 valence electrons. The van der Waals surface area contributed by atoms with Gasteiger partial charge in [-0.3, -0.25) is 24.4 Å². The maximum atomic E-state index is 12.6. The molecule has 2 aliphatic rings. The van der Waals surface area contributed by atoms with Crippen molar-refractivity contribution in [3.05, 3.63) is 30.1 Å². The molecule has 2 saturated heterocycles. The smallest absolute Gasteiger partial charge is 0.239 e. The third-order valence-corrected chi connectivity index (χ3v) is 5.86. The van der Waals surface area contributed by atoms with Crippen LogP contribution in [-0.2, 0) is 16.1 Å². The number of hydrogen-bond acceptors (Lipinski definition) is 5. The van der Waals surface area contributed by atoms with Crippen LogP contribution in [0.4, 0.5) is 0 Å². The van der Waals surface area contributed by atoms with Crippen molar-refractivity contribution in [2.75, 3.05) is 20.1 Å². The van der Waals surface area contributed by atoms with E-state index in [0.717, 1.165) is 24.9 Å². The normalized spacial score (nSPS) is 26.5. The number of nitrogens with zero attached hydrogens (tertiary/aromatic N) is 3. The van der Waals surface area contributed by atoms with Gasteiger partial charge in [0.25, 0.3) is 0 Å². The van der Waals surface area contributed by atoms with Crippen LogP contribution in [0.2, 0.25) is 0 Å². The Morgan fingerprint density at radius 1 is 1.44 bits per heavy atom. The molecular formula is C20H31N5O2. The Morgan fingerprint density at radius 3 is 2.96 bits per heavy atom. The van der Waals surface area contributed by atoms with Gasteiger partial charge < -0.3 is 10.6 Å². The summed E-state index contributed by atoms with van der Waals surface area (Å²) in [6.07, 6.45) is 5.67. The fourth-order valence-electron chi connectivity index (χ4n) is 4.26. The quantitative estimate of drug-likeness (QED) is 0.770. The van der Waals surface area contributed by atoms with Crippen LogP contribution in [-0.4, -0.2) is 70.9 Å². The summed E-state index contributed by atoms with van der Waals surface area (Å²) in [5, 5.41) is 6.05. The number of carbonyl (C=O) groups is 2. The molecule has 3 atom stereocenters. The van der Waals surface area contributed by atoms with Crippen LogP contribution in [0.3, 0.4) is 0 Å². The molecule has 0 saturated carbocycles. The van der Waals surface area contributed by atoms with Crippen LogP contribution in [0.5, 0.6) is 0 Å². The minimum Gasteiger partial charge on any atom is -0.353 e. The maximum Gasteiger partial charge on any atom is 0.239 e. The summed E-state index contributed by atoms with van der Waals surface area (Å²) >= 11 is 0. The van der Waals surface area contributed by atoms with Gasteiger partial charge in [0.2, 0.25) is 11.8 Å². The SMILES string of the molecule is CC(C)N1CCC2C1C(=O)NCC(CCC(=O)NCc1cccnc1)N2C. The molecular weight excluding hydrogens is 342 g/mol. The number of fused-ring (bicyclic) bond motifs is 1. The third-order valence-electron chi connectivity index (χ3n) is 5.86. The highest BCUT2D eigenvalue weighted by Gasteiger charge is 2.45. The number of aromatic nitrogens is 1. The van der Waals surface area contributed by atoms with Crippen LogP contribution in [0.15, 0.2) is 24.5 Å². The Kier molecular flexibility index (Phi) is 6.44. The van der Waals surface area contributed by atoms with Gasteiger partial charge >= 0.3 is 0 Å². The van der Waals surface area contributed by atoms with Gasteiger partial charge in [0.1, 0.15) is 6.04 Å². The fourth-order valence-corrected chi connectivity index (χ4v) is 4.26. The van der Waals surface area contributed by atoms with Crippen molar-refractivity contribution < 1.29 is 9.59 Å². The van der Waals surface area contributed by atoms with E-state index in [1.54, 1.807) is 12.4 Å². The van der Waals surface area contributed by atoms with E-state index in [1.165, 1.54) is 0 Å². The Hall–Kier alpha value is -1.99. The molecule has 3 heterocycles. The van der Waals surface area contributed by atoms with E-state index in [0.29, 0.717) is 25.6 Å². The third kappa shape index (κ3) is 4.65. The second kappa shape index (κ2) is 8.80. The Bertz CT molecular complexity index is 651. The summed E-state index contributed by atoms with van der Waals surface area (Å²) in [6, 6.07) is 4.48. The number of amides is 2. The number of nitrogens with one attached hydrogen (secondary N) is 2. The molecule has 0 aromatic carbocycles. The fraction of sp³-hybridized carbons (Fsp3) is 0.650. The molecule has 7 heteroatoms. The number of likely N-dealkylation sites (N-methyl/N-ethyl adjacent to an activating group) is 1. The first kappa shape index (κ1) is 19.8. The van der Waals surface area contributed by atoms with Crippen molar-refractivity contribution in [3.63, 3.8) is 0 Å². The number of carbonyl (C=O) groups excluding carboxylic acids is 2. The molecule has 0 bridgehead atoms. The highest BCUT2D eigenvalue weighted by Crippen LogP contribution is 2.28. The lowest BCUT2D eigenvalue weighted by atomic mass is 10.0. The lowest BCUT2D eigenvalue weighted by Gasteiger charge is -2.34. The molecule has 3 unspecified atom stereocenters. The highest BCUT2D eigenvalue weighted by atomic mass is 16.2. The Balaban J connectivity index is 1.53. The molecule has 27 heavy (non-hydrogen) atoms. The van der Waals surface area contributed by atoms with Crippen molar-refractivity contribution >= 4 is 11.8 Å². The summed E-state index contributed by atoms with van der Waals surface area (Å²) in [5.41, 5.74) is 0.993. The maximum absolute atomic E-state index is 12.6. The molecule has 1 aromatic rings. The van der Waals surface area contributed by atoms with Gasteiger partial charge in [-0.05, 0) is 45.4 Å². The summed E-state index contributed by atoms with van der Waals surface area (Å²) in [7, 11) is 2.10. The van der Waals surface area contributed by atoms with Crippen LogP contribution >= 0.6 is 0 Å². The summed E-state index contributed by atoms with van der Waals surface area (Å²) < 4.78 is 0. The second-order valence-electron chi connectivity index (χ2n) is 7.87. The predicted molar refractivity (Wildman–Crippen MR) is 104 cm³/mol. The molecule has 0 spiro atoms. The zero-order valence-electron chi connectivity index (χ0n) is 16.5. The number of hydrogen-bond donors (Lipinski definition) is 2. The van der Waals surface area contributed by atoms with E-state index < -0.39 is 0 Å². The topological polar surface area (TPSA) is 77.6 Å². The van der Waals surface area contributed by atoms with E-state index >= 15 is 0 Å². The predicted octanol–water partition coefficient (Wildman–Crippen LogP) is 0.760. The monoisotopic (exact) mass is 373 g/mol. The Morgan fingerprint density at radius 2 is 2.26 bits per heavy atom. The molecule has 2 N–H and O–H groups in total. The molecule has 2 aliphatic heterocycles. The van der Waals surface area contributed by atoms with Crippen LogP contribution in [0.1, 0.15) is 38.7 Å². The van der Waals surface area contributed by atoms with Crippen molar-refractivity contribution in [2.24, 2.45) is 0 Å². The molecule has 0 aliphatic carbocycles. The first-order valence-corrected chi connectivity index (χ1v) is 9.88. The minimum absolute atomic E-state index is 0.0367. The van der Waals surface area contributed by atoms with Gasteiger partial charge in [-0.1, -0.05) is 6.07 Å². The lowest BCUT2D eigenvalue weighted by Crippen LogP contribution is -2.51. The van der Waals surface area contributed by atoms with Crippen LogP contribution in [0, 0.1) is 0 Å². The molecule has 2 amide bonds. The number of rotatable bonds is 6. The molecule has 0 radical (unpaired) electrons. The van der Waals surface area contributed by atoms with Crippen LogP contribution in [0.25, 0.3) is 0 Å². The van der Waals surface area contributed by atoms with Gasteiger partial charge in [0.05, 0.1) is 0 Å². The Labute approximate surface area is 161 Å². The van der Waals surface area contributed by atoms with Gasteiger partial charge in [0.15, 0.2) is 0 Å². The van der Waals surface area contributed by atoms with Gasteiger partial charge in [0, 0.05) is 56.6 Å². The summed E-state index contributed by atoms with van der Waals surface area (Å²) in [5.74, 6) is 0.163. The lowest BCUT2D eigenvalue weighted by molar-refractivity contribution is -0.126. The second-order valence-corrected chi connectivity index (χ2v) is 7.87. The zero-order chi connectivity index (χ0) is 19.4. The average Bonchev–Trinajstić information content (AvgIpc) is 3.07. The summed E-state index contributed by atoms with van der Waals surface area (Å²) in [6.45, 7) is 6.33. The van der Waals surface area contributed by atoms with E-state index in [-0.39, 0.29) is 29.9 Å². The van der Waals surface area contributed by atoms with E-state index in [4.69, 9.17) is 0 Å². The van der Waals surface area contributed by atoms with Crippen LogP contribution < -0.4 is 10.6 Å². The zero-order valence-corrected chi connectivity index (χ0v) is 16.5. The largest absolute Gasteiger partial charge is 0.353 e. The van der Waals surface area contributed by atoms with Gasteiger partial charge in [-0.2, -0.15) is 0 Å². The van der Waals surface area contributed by atoms with E-state index in [9.17, 15) is 9.59 Å². The van der Waals surface area contributed by atoms with Crippen molar-refractivity contribution in [1.29, 1.82) is 0 Å². The first-order valence-electron chi connectivity index (χ1n) is 9.88. The molecule has 3 rings (SSSR count). The van der Waals surface area contributed by atoms with Gasteiger partial charge in [-0.15, -0.1) is 0 Å². The van der Waals surface area contributed by atoms with E-state index in [1.807, 2.05) is 12.1 Å².